The van der Waals surface area contributed by atoms with Crippen molar-refractivity contribution >= 4 is 35.0 Å². The van der Waals surface area contributed by atoms with Gasteiger partial charge in [-0.2, -0.15) is 5.26 Å². The van der Waals surface area contributed by atoms with Crippen LogP contribution in [-0.4, -0.2) is 18.1 Å². The van der Waals surface area contributed by atoms with Crippen molar-refractivity contribution in [2.75, 3.05) is 12.4 Å². The number of carbonyl (C=O) groups excluding carboxylic acids is 1. The molecule has 0 unspecified atom stereocenters. The van der Waals surface area contributed by atoms with Crippen molar-refractivity contribution in [1.82, 2.24) is 5.32 Å². The van der Waals surface area contributed by atoms with Gasteiger partial charge in [-0.15, -0.1) is 0 Å². The summed E-state index contributed by atoms with van der Waals surface area (Å²) in [5, 5.41) is 14.4. The van der Waals surface area contributed by atoms with Crippen LogP contribution in [0.3, 0.4) is 0 Å². The third-order valence-electron chi connectivity index (χ3n) is 3.04. The molecule has 1 amide bonds. The van der Waals surface area contributed by atoms with Crippen LogP contribution in [0.15, 0.2) is 54.6 Å². The largest absolute Gasteiger partial charge is 0.496 e. The summed E-state index contributed by atoms with van der Waals surface area (Å²) in [4.78, 5) is 11.9. The molecule has 0 bridgehead atoms. The molecule has 24 heavy (non-hydrogen) atoms. The van der Waals surface area contributed by atoms with Crippen molar-refractivity contribution in [2.45, 2.75) is 0 Å². The molecule has 2 rings (SSSR count). The first-order valence-electron chi connectivity index (χ1n) is 7.05. The predicted octanol–water partition coefficient (Wildman–Crippen LogP) is 3.09. The first kappa shape index (κ1) is 17.2. The van der Waals surface area contributed by atoms with Gasteiger partial charge in [0, 0.05) is 17.3 Å². The number of hydrogen-bond acceptors (Lipinski definition) is 4. The number of anilines is 1. The Morgan fingerprint density at radius 2 is 2.04 bits per heavy atom. The van der Waals surface area contributed by atoms with Crippen molar-refractivity contribution in [2.24, 2.45) is 0 Å². The molecule has 0 aliphatic rings. The Kier molecular flexibility index (Phi) is 6.06. The lowest BCUT2D eigenvalue weighted by molar-refractivity contribution is -0.115. The maximum Gasteiger partial charge on any atom is 0.250 e. The van der Waals surface area contributed by atoms with Crippen molar-refractivity contribution in [3.8, 4) is 11.8 Å². The molecule has 0 saturated heterocycles. The maximum absolute atomic E-state index is 11.9. The van der Waals surface area contributed by atoms with Crippen LogP contribution in [0.2, 0.25) is 0 Å². The normalized spacial score (nSPS) is 10.0. The Balaban J connectivity index is 1.95. The number of para-hydroxylation sites is 1. The van der Waals surface area contributed by atoms with E-state index < -0.39 is 0 Å². The Bertz CT molecular complexity index is 825. The lowest BCUT2D eigenvalue weighted by Crippen LogP contribution is -2.32. The molecule has 0 spiro atoms. The van der Waals surface area contributed by atoms with Crippen molar-refractivity contribution in [3.63, 3.8) is 0 Å². The highest BCUT2D eigenvalue weighted by atomic mass is 32.1. The number of carbonyl (C=O) groups is 1. The molecule has 0 aliphatic heterocycles. The highest BCUT2D eigenvalue weighted by molar-refractivity contribution is 7.80. The molecular formula is C18H15N3O2S. The zero-order valence-corrected chi connectivity index (χ0v) is 13.8. The minimum atomic E-state index is -0.366. The van der Waals surface area contributed by atoms with Gasteiger partial charge in [0.2, 0.25) is 5.91 Å². The van der Waals surface area contributed by atoms with Gasteiger partial charge in [0.25, 0.3) is 0 Å². The number of rotatable bonds is 4. The van der Waals surface area contributed by atoms with E-state index in [1.807, 2.05) is 30.3 Å². The molecule has 120 valence electrons. The summed E-state index contributed by atoms with van der Waals surface area (Å²) in [6.45, 7) is 0. The van der Waals surface area contributed by atoms with Crippen molar-refractivity contribution < 1.29 is 9.53 Å². The van der Waals surface area contributed by atoms with Gasteiger partial charge < -0.3 is 10.1 Å². The van der Waals surface area contributed by atoms with E-state index in [1.165, 1.54) is 6.08 Å². The lowest BCUT2D eigenvalue weighted by atomic mass is 10.2. The topological polar surface area (TPSA) is 74.2 Å². The summed E-state index contributed by atoms with van der Waals surface area (Å²) in [5.41, 5.74) is 1.93. The molecule has 0 radical (unpaired) electrons. The Morgan fingerprint density at radius 3 is 2.79 bits per heavy atom. The number of methoxy groups -OCH3 is 1. The molecular weight excluding hydrogens is 322 g/mol. The molecule has 0 saturated carbocycles. The zero-order chi connectivity index (χ0) is 17.4. The smallest absolute Gasteiger partial charge is 0.250 e. The monoisotopic (exact) mass is 337 g/mol. The van der Waals surface area contributed by atoms with Gasteiger partial charge in [-0.1, -0.05) is 24.3 Å². The van der Waals surface area contributed by atoms with Gasteiger partial charge in [-0.25, -0.2) is 0 Å². The van der Waals surface area contributed by atoms with Gasteiger partial charge in [-0.3, -0.25) is 10.1 Å². The maximum atomic E-state index is 11.9. The molecule has 0 aliphatic carbocycles. The zero-order valence-electron chi connectivity index (χ0n) is 12.9. The number of nitriles is 1. The van der Waals surface area contributed by atoms with Crippen molar-refractivity contribution in [1.29, 1.82) is 5.26 Å². The summed E-state index contributed by atoms with van der Waals surface area (Å²) >= 11 is 5.09. The second-order valence-corrected chi connectivity index (χ2v) is 5.12. The average Bonchev–Trinajstić information content (AvgIpc) is 2.60. The summed E-state index contributed by atoms with van der Waals surface area (Å²) < 4.78 is 5.21. The van der Waals surface area contributed by atoms with E-state index in [0.29, 0.717) is 17.0 Å². The number of ether oxygens (including phenoxy) is 1. The fourth-order valence-corrected chi connectivity index (χ4v) is 2.17. The molecule has 2 aromatic carbocycles. The fraction of sp³-hybridized carbons (Fsp3) is 0.0556. The SMILES string of the molecule is COc1ccccc1/C=C/C(=O)NC(=S)Nc1cccc(C#N)c1. The van der Waals surface area contributed by atoms with E-state index in [-0.39, 0.29) is 11.0 Å². The van der Waals surface area contributed by atoms with Crippen LogP contribution in [0.1, 0.15) is 11.1 Å². The highest BCUT2D eigenvalue weighted by Gasteiger charge is 2.03. The quantitative estimate of drug-likeness (QED) is 0.662. The number of amides is 1. The first-order valence-corrected chi connectivity index (χ1v) is 7.46. The molecule has 5 nitrogen and oxygen atoms in total. The number of benzene rings is 2. The van der Waals surface area contributed by atoms with Crippen LogP contribution in [0.25, 0.3) is 6.08 Å². The number of thiocarbonyl (C=S) groups is 1. The molecule has 6 heteroatoms. The Hall–Kier alpha value is -3.17. The molecule has 0 atom stereocenters. The third kappa shape index (κ3) is 4.93. The van der Waals surface area contributed by atoms with E-state index in [4.69, 9.17) is 22.2 Å². The van der Waals surface area contributed by atoms with Gasteiger partial charge >= 0.3 is 0 Å². The van der Waals surface area contributed by atoms with E-state index in [0.717, 1.165) is 5.56 Å². The standard InChI is InChI=1S/C18H15N3O2S/c1-23-16-8-3-2-6-14(16)9-10-17(22)21-18(24)20-15-7-4-5-13(11-15)12-19/h2-11H,1H3,(H2,20,21,22,24)/b10-9+. The summed E-state index contributed by atoms with van der Waals surface area (Å²) in [6.07, 6.45) is 3.02. The molecule has 2 N–H and O–H groups in total. The van der Waals surface area contributed by atoms with Crippen LogP contribution in [0, 0.1) is 11.3 Å². The summed E-state index contributed by atoms with van der Waals surface area (Å²) in [6, 6.07) is 16.2. The second kappa shape index (κ2) is 8.46. The Morgan fingerprint density at radius 1 is 1.25 bits per heavy atom. The first-order chi connectivity index (χ1) is 11.6. The number of nitrogens with zero attached hydrogens (tertiary/aromatic N) is 1. The van der Waals surface area contributed by atoms with E-state index in [2.05, 4.69) is 10.6 Å². The molecule has 2 aromatic rings. The van der Waals surface area contributed by atoms with Gasteiger partial charge in [-0.05, 0) is 42.6 Å². The summed E-state index contributed by atoms with van der Waals surface area (Å²) in [5.74, 6) is 0.311. The van der Waals surface area contributed by atoms with E-state index in [9.17, 15) is 4.79 Å². The van der Waals surface area contributed by atoms with Crippen LogP contribution >= 0.6 is 12.2 Å². The van der Waals surface area contributed by atoms with Crippen LogP contribution in [0.5, 0.6) is 5.75 Å². The van der Waals surface area contributed by atoms with Crippen LogP contribution in [0.4, 0.5) is 5.69 Å². The van der Waals surface area contributed by atoms with Gasteiger partial charge in [0.1, 0.15) is 5.75 Å². The minimum absolute atomic E-state index is 0.153. The third-order valence-corrected chi connectivity index (χ3v) is 3.24. The second-order valence-electron chi connectivity index (χ2n) is 4.71. The molecule has 0 heterocycles. The van der Waals surface area contributed by atoms with E-state index in [1.54, 1.807) is 37.5 Å². The molecule has 0 fully saturated rings. The predicted molar refractivity (Wildman–Crippen MR) is 97.5 cm³/mol. The number of hydrogen-bond donors (Lipinski definition) is 2. The van der Waals surface area contributed by atoms with Crippen molar-refractivity contribution in [3.05, 3.63) is 65.7 Å². The fourth-order valence-electron chi connectivity index (χ4n) is 1.95. The number of nitrogens with one attached hydrogen (secondary N) is 2. The summed E-state index contributed by atoms with van der Waals surface area (Å²) in [7, 11) is 1.57. The van der Waals surface area contributed by atoms with E-state index >= 15 is 0 Å². The highest BCUT2D eigenvalue weighted by Crippen LogP contribution is 2.18. The van der Waals surface area contributed by atoms with Crippen LogP contribution in [-0.2, 0) is 4.79 Å². The lowest BCUT2D eigenvalue weighted by Gasteiger charge is -2.08. The minimum Gasteiger partial charge on any atom is -0.496 e. The van der Waals surface area contributed by atoms with Crippen LogP contribution < -0.4 is 15.4 Å². The average molecular weight is 337 g/mol. The van der Waals surface area contributed by atoms with Gasteiger partial charge in [0.05, 0.1) is 18.7 Å². The van der Waals surface area contributed by atoms with Gasteiger partial charge in [0.15, 0.2) is 5.11 Å². The Labute approximate surface area is 145 Å². The molecule has 0 aromatic heterocycles.